The molecule has 0 aliphatic carbocycles. The molecule has 0 radical (unpaired) electrons. The number of para-hydroxylation sites is 1. The molecule has 0 atom stereocenters. The molecule has 0 N–H and O–H groups in total. The van der Waals surface area contributed by atoms with Gasteiger partial charge in [0.2, 0.25) is 5.78 Å². The highest BCUT2D eigenvalue weighted by Crippen LogP contribution is 2.15. The van der Waals surface area contributed by atoms with Gasteiger partial charge in [0.15, 0.2) is 0 Å². The fourth-order valence-electron chi connectivity index (χ4n) is 4.01. The topological polar surface area (TPSA) is 61.3 Å². The van der Waals surface area contributed by atoms with Crippen LogP contribution in [0.2, 0.25) is 0 Å². The van der Waals surface area contributed by atoms with Crippen molar-refractivity contribution < 1.29 is 0 Å². The maximum Gasteiger partial charge on any atom is 0.352 e. The first-order valence-corrected chi connectivity index (χ1v) is 10.2. The number of benzene rings is 3. The zero-order valence-electron chi connectivity index (χ0n) is 17.4. The standard InChI is InChI=1S/C25H22N4O2/c1-17-12-13-18(2)20(14-17)16-28-25(31)29-22-11-7-6-10-21(22)23(30)27(24(29)26-28)15-19-8-4-3-5-9-19/h3-14H,15-16H2,1-2H3. The van der Waals surface area contributed by atoms with E-state index in [9.17, 15) is 9.59 Å². The van der Waals surface area contributed by atoms with E-state index in [-0.39, 0.29) is 11.2 Å². The van der Waals surface area contributed by atoms with Crippen molar-refractivity contribution in [1.29, 1.82) is 0 Å². The number of aryl methyl sites for hydroxylation is 2. The molecule has 154 valence electrons. The second-order valence-electron chi connectivity index (χ2n) is 7.90. The molecule has 6 nitrogen and oxygen atoms in total. The van der Waals surface area contributed by atoms with E-state index < -0.39 is 0 Å². The maximum absolute atomic E-state index is 13.4. The molecule has 0 saturated carbocycles. The van der Waals surface area contributed by atoms with Crippen LogP contribution in [0.5, 0.6) is 0 Å². The van der Waals surface area contributed by atoms with Gasteiger partial charge in [-0.1, -0.05) is 66.2 Å². The molecule has 0 aliphatic rings. The highest BCUT2D eigenvalue weighted by atomic mass is 16.2. The van der Waals surface area contributed by atoms with Crippen molar-refractivity contribution >= 4 is 16.7 Å². The molecule has 0 bridgehead atoms. The minimum atomic E-state index is -0.256. The van der Waals surface area contributed by atoms with Gasteiger partial charge in [-0.05, 0) is 42.7 Å². The van der Waals surface area contributed by atoms with Gasteiger partial charge in [0.25, 0.3) is 5.56 Å². The second-order valence-corrected chi connectivity index (χ2v) is 7.90. The number of nitrogens with zero attached hydrogens (tertiary/aromatic N) is 4. The van der Waals surface area contributed by atoms with Gasteiger partial charge in [-0.2, -0.15) is 0 Å². The minimum Gasteiger partial charge on any atom is -0.272 e. The summed E-state index contributed by atoms with van der Waals surface area (Å²) in [7, 11) is 0. The molecule has 0 saturated heterocycles. The normalized spacial score (nSPS) is 11.4. The van der Waals surface area contributed by atoms with Crippen molar-refractivity contribution in [1.82, 2.24) is 18.7 Å². The Morgan fingerprint density at radius 3 is 2.39 bits per heavy atom. The lowest BCUT2D eigenvalue weighted by molar-refractivity contribution is 0.652. The van der Waals surface area contributed by atoms with Crippen LogP contribution in [0, 0.1) is 13.8 Å². The lowest BCUT2D eigenvalue weighted by Crippen LogP contribution is -2.27. The first kappa shape index (κ1) is 19.1. The quantitative estimate of drug-likeness (QED) is 0.455. The third-order valence-corrected chi connectivity index (χ3v) is 5.69. The lowest BCUT2D eigenvalue weighted by atomic mass is 10.1. The number of hydrogen-bond donors (Lipinski definition) is 0. The van der Waals surface area contributed by atoms with Crippen LogP contribution in [-0.2, 0) is 13.1 Å². The van der Waals surface area contributed by atoms with Gasteiger partial charge in [0.05, 0.1) is 24.0 Å². The van der Waals surface area contributed by atoms with Crippen LogP contribution in [0.15, 0.2) is 82.4 Å². The molecule has 0 aliphatic heterocycles. The summed E-state index contributed by atoms with van der Waals surface area (Å²) < 4.78 is 4.58. The Labute approximate surface area is 178 Å². The average molecular weight is 410 g/mol. The molecule has 0 fully saturated rings. The predicted octanol–water partition coefficient (Wildman–Crippen LogP) is 3.52. The Hall–Kier alpha value is -3.93. The molecule has 3 aromatic carbocycles. The molecule has 5 aromatic rings. The predicted molar refractivity (Wildman–Crippen MR) is 122 cm³/mol. The van der Waals surface area contributed by atoms with Gasteiger partial charge >= 0.3 is 5.69 Å². The number of aromatic nitrogens is 4. The first-order valence-electron chi connectivity index (χ1n) is 10.2. The minimum absolute atomic E-state index is 0.157. The summed E-state index contributed by atoms with van der Waals surface area (Å²) in [6.07, 6.45) is 0. The molecular formula is C25H22N4O2. The Balaban J connectivity index is 1.77. The molecule has 0 spiro atoms. The molecule has 2 heterocycles. The van der Waals surface area contributed by atoms with E-state index in [1.54, 1.807) is 21.1 Å². The van der Waals surface area contributed by atoms with Gasteiger partial charge in [-0.3, -0.25) is 9.36 Å². The SMILES string of the molecule is Cc1ccc(C)c(Cn2nc3n(Cc4ccccc4)c(=O)c4ccccc4n3c2=O)c1. The molecule has 2 aromatic heterocycles. The fraction of sp³-hybridized carbons (Fsp3) is 0.160. The summed E-state index contributed by atoms with van der Waals surface area (Å²) >= 11 is 0. The highest BCUT2D eigenvalue weighted by Gasteiger charge is 2.18. The summed E-state index contributed by atoms with van der Waals surface area (Å²) in [5.74, 6) is 0.350. The third kappa shape index (κ3) is 3.26. The van der Waals surface area contributed by atoms with E-state index in [0.29, 0.717) is 29.8 Å². The largest absolute Gasteiger partial charge is 0.352 e. The maximum atomic E-state index is 13.4. The summed E-state index contributed by atoms with van der Waals surface area (Å²) in [6.45, 7) is 4.74. The zero-order chi connectivity index (χ0) is 21.5. The van der Waals surface area contributed by atoms with E-state index in [1.807, 2.05) is 62.4 Å². The second kappa shape index (κ2) is 7.40. The van der Waals surface area contributed by atoms with Crippen molar-refractivity contribution in [2.24, 2.45) is 0 Å². The molecule has 0 unspecified atom stereocenters. The van der Waals surface area contributed by atoms with E-state index in [4.69, 9.17) is 0 Å². The van der Waals surface area contributed by atoms with Gasteiger partial charge in [-0.15, -0.1) is 5.10 Å². The summed E-state index contributed by atoms with van der Waals surface area (Å²) in [5.41, 5.74) is 4.39. The van der Waals surface area contributed by atoms with Gasteiger partial charge < -0.3 is 0 Å². The first-order chi connectivity index (χ1) is 15.0. The number of rotatable bonds is 4. The van der Waals surface area contributed by atoms with Crippen molar-refractivity contribution in [3.63, 3.8) is 0 Å². The Morgan fingerprint density at radius 2 is 1.58 bits per heavy atom. The van der Waals surface area contributed by atoms with Crippen LogP contribution in [0.4, 0.5) is 0 Å². The number of hydrogen-bond acceptors (Lipinski definition) is 3. The van der Waals surface area contributed by atoms with Gasteiger partial charge in [0, 0.05) is 0 Å². The smallest absolute Gasteiger partial charge is 0.272 e. The van der Waals surface area contributed by atoms with Crippen molar-refractivity contribution in [3.05, 3.63) is 116 Å². The summed E-state index contributed by atoms with van der Waals surface area (Å²) in [5, 5.41) is 5.11. The monoisotopic (exact) mass is 410 g/mol. The molecule has 0 amide bonds. The van der Waals surface area contributed by atoms with Crippen LogP contribution in [0.1, 0.15) is 22.3 Å². The molecule has 5 rings (SSSR count). The number of fused-ring (bicyclic) bond motifs is 3. The summed E-state index contributed by atoms with van der Waals surface area (Å²) in [4.78, 5) is 26.7. The van der Waals surface area contributed by atoms with Crippen LogP contribution in [0.3, 0.4) is 0 Å². The van der Waals surface area contributed by atoms with Crippen molar-refractivity contribution in [3.8, 4) is 0 Å². The van der Waals surface area contributed by atoms with E-state index in [1.165, 1.54) is 4.68 Å². The Morgan fingerprint density at radius 1 is 0.839 bits per heavy atom. The van der Waals surface area contributed by atoms with Crippen LogP contribution < -0.4 is 11.2 Å². The van der Waals surface area contributed by atoms with Crippen molar-refractivity contribution in [2.75, 3.05) is 0 Å². The molecule has 31 heavy (non-hydrogen) atoms. The average Bonchev–Trinajstić information content (AvgIpc) is 3.10. The fourth-order valence-corrected chi connectivity index (χ4v) is 4.01. The van der Waals surface area contributed by atoms with Crippen molar-refractivity contribution in [2.45, 2.75) is 26.9 Å². The van der Waals surface area contributed by atoms with Crippen LogP contribution in [0.25, 0.3) is 16.7 Å². The Kier molecular flexibility index (Phi) is 4.55. The Bertz CT molecular complexity index is 1540. The van der Waals surface area contributed by atoms with Gasteiger partial charge in [-0.25, -0.2) is 13.9 Å². The van der Waals surface area contributed by atoms with Crippen LogP contribution >= 0.6 is 0 Å². The van der Waals surface area contributed by atoms with E-state index >= 15 is 0 Å². The highest BCUT2D eigenvalue weighted by molar-refractivity contribution is 5.80. The molecular weight excluding hydrogens is 388 g/mol. The van der Waals surface area contributed by atoms with E-state index in [0.717, 1.165) is 22.3 Å². The lowest BCUT2D eigenvalue weighted by Gasteiger charge is -2.09. The zero-order valence-corrected chi connectivity index (χ0v) is 17.4. The summed E-state index contributed by atoms with van der Waals surface area (Å²) in [6, 6.07) is 23.1. The van der Waals surface area contributed by atoms with Crippen LogP contribution in [-0.4, -0.2) is 18.7 Å². The van der Waals surface area contributed by atoms with Gasteiger partial charge in [0.1, 0.15) is 0 Å². The third-order valence-electron chi connectivity index (χ3n) is 5.69. The molecule has 6 heteroatoms. The van der Waals surface area contributed by atoms with E-state index in [2.05, 4.69) is 17.2 Å².